The summed E-state index contributed by atoms with van der Waals surface area (Å²) < 4.78 is 39.1. The number of benzene rings is 2. The molecule has 0 radical (unpaired) electrons. The van der Waals surface area contributed by atoms with Crippen molar-refractivity contribution >= 4 is 28.8 Å². The van der Waals surface area contributed by atoms with E-state index in [1.807, 2.05) is 0 Å². The highest BCUT2D eigenvalue weighted by Crippen LogP contribution is 2.36. The molecule has 0 saturated heterocycles. The number of rotatable bonds is 1. The number of para-hydroxylation sites is 1. The molecule has 22 heavy (non-hydrogen) atoms. The summed E-state index contributed by atoms with van der Waals surface area (Å²) in [5.74, 6) is -0.610. The fraction of sp³-hybridized carbons (Fsp3) is 0.0667. The zero-order valence-electron chi connectivity index (χ0n) is 10.8. The average Bonchev–Trinajstić information content (AvgIpc) is 2.71. The van der Waals surface area contributed by atoms with E-state index in [4.69, 9.17) is 11.6 Å². The molecule has 2 aromatic carbocycles. The monoisotopic (exact) mass is 325 g/mol. The van der Waals surface area contributed by atoms with Crippen LogP contribution in [0.1, 0.15) is 21.5 Å². The van der Waals surface area contributed by atoms with Crippen LogP contribution in [0.5, 0.6) is 0 Å². The number of nitrogens with zero attached hydrogens (tertiary/aromatic N) is 1. The van der Waals surface area contributed by atoms with E-state index in [1.165, 1.54) is 18.2 Å². The van der Waals surface area contributed by atoms with Crippen LogP contribution in [0, 0.1) is 5.21 Å². The first-order valence-corrected chi connectivity index (χ1v) is 6.53. The van der Waals surface area contributed by atoms with E-state index in [9.17, 15) is 23.2 Å². The van der Waals surface area contributed by atoms with E-state index >= 15 is 0 Å². The molecule has 0 fully saturated rings. The van der Waals surface area contributed by atoms with Crippen molar-refractivity contribution in [3.05, 3.63) is 69.4 Å². The molecule has 0 aliphatic carbocycles. The number of ketones is 1. The van der Waals surface area contributed by atoms with Gasteiger partial charge in [0.1, 0.15) is 5.56 Å². The summed E-state index contributed by atoms with van der Waals surface area (Å²) in [6, 6.07) is 9.01. The van der Waals surface area contributed by atoms with Crippen molar-refractivity contribution in [2.24, 2.45) is 0 Å². The molecule has 1 aliphatic rings. The number of Topliss-reactive ketones (excluding diaryl/α,β-unsaturated/α-hetero) is 1. The maximum absolute atomic E-state index is 12.9. The Morgan fingerprint density at radius 2 is 1.77 bits per heavy atom. The molecule has 1 aliphatic heterocycles. The van der Waals surface area contributed by atoms with Gasteiger partial charge in [-0.25, -0.2) is 0 Å². The Labute approximate surface area is 127 Å². The quantitative estimate of drug-likeness (QED) is 0.583. The van der Waals surface area contributed by atoms with Crippen molar-refractivity contribution < 1.29 is 22.7 Å². The zero-order chi connectivity index (χ0) is 16.1. The third-order valence-electron chi connectivity index (χ3n) is 3.33. The third kappa shape index (κ3) is 2.16. The van der Waals surface area contributed by atoms with Crippen LogP contribution in [0.4, 0.5) is 18.9 Å². The van der Waals surface area contributed by atoms with Crippen molar-refractivity contribution in [2.45, 2.75) is 6.18 Å². The second-order valence-corrected chi connectivity index (χ2v) is 5.09. The van der Waals surface area contributed by atoms with Crippen LogP contribution >= 0.6 is 11.6 Å². The lowest BCUT2D eigenvalue weighted by molar-refractivity contribution is -0.355. The summed E-state index contributed by atoms with van der Waals surface area (Å²) in [4.78, 5) is 12.3. The molecule has 3 rings (SSSR count). The molecule has 0 spiro atoms. The lowest BCUT2D eigenvalue weighted by Gasteiger charge is -2.10. The van der Waals surface area contributed by atoms with Crippen LogP contribution in [0.3, 0.4) is 0 Å². The number of carbonyl (C=O) groups excluding carboxylic acids is 1. The van der Waals surface area contributed by atoms with Crippen LogP contribution in [-0.4, -0.2) is 16.2 Å². The Hall–Kier alpha value is -2.34. The van der Waals surface area contributed by atoms with Gasteiger partial charge in [-0.1, -0.05) is 23.7 Å². The molecule has 0 bridgehead atoms. The number of halogens is 4. The fourth-order valence-corrected chi connectivity index (χ4v) is 2.55. The van der Waals surface area contributed by atoms with Crippen molar-refractivity contribution in [1.29, 1.82) is 0 Å². The second-order valence-electron chi connectivity index (χ2n) is 4.68. The highest BCUT2D eigenvalue weighted by Gasteiger charge is 2.39. The van der Waals surface area contributed by atoms with Gasteiger partial charge in [0.15, 0.2) is 0 Å². The van der Waals surface area contributed by atoms with Gasteiger partial charge in [0.05, 0.1) is 16.1 Å². The van der Waals surface area contributed by atoms with Gasteiger partial charge >= 0.3 is 6.18 Å². The van der Waals surface area contributed by atoms with Crippen molar-refractivity contribution in [3.8, 4) is 0 Å². The minimum absolute atomic E-state index is 0.117. The molecule has 0 aromatic heterocycles. The van der Waals surface area contributed by atoms with E-state index in [-0.39, 0.29) is 22.5 Å². The molecule has 112 valence electrons. The summed E-state index contributed by atoms with van der Waals surface area (Å²) >= 11 is 5.54. The van der Waals surface area contributed by atoms with Gasteiger partial charge < -0.3 is 5.21 Å². The molecule has 2 aromatic rings. The van der Waals surface area contributed by atoms with Gasteiger partial charge in [0, 0.05) is 6.07 Å². The van der Waals surface area contributed by atoms with Gasteiger partial charge in [-0.15, -0.1) is 0 Å². The third-order valence-corrected chi connectivity index (χ3v) is 3.66. The van der Waals surface area contributed by atoms with Crippen molar-refractivity contribution in [2.75, 3.05) is 0 Å². The fourth-order valence-electron chi connectivity index (χ4n) is 2.32. The molecule has 0 saturated carbocycles. The molecule has 3 nitrogen and oxygen atoms in total. The number of alkyl halides is 3. The maximum atomic E-state index is 12.9. The summed E-state index contributed by atoms with van der Waals surface area (Å²) in [7, 11) is 0. The first-order valence-electron chi connectivity index (χ1n) is 6.16. The molecule has 0 unspecified atom stereocenters. The number of hydrogen-bond acceptors (Lipinski definition) is 2. The van der Waals surface area contributed by atoms with Gasteiger partial charge in [0.2, 0.25) is 5.69 Å². The Morgan fingerprint density at radius 3 is 2.41 bits per heavy atom. The average molecular weight is 326 g/mol. The first-order chi connectivity index (χ1) is 10.3. The molecular weight excluding hydrogens is 319 g/mol. The molecule has 0 atom stereocenters. The first kappa shape index (κ1) is 14.6. The smallest absolute Gasteiger partial charge is 0.417 e. The lowest BCUT2D eigenvalue weighted by atomic mass is 10.0. The second kappa shape index (κ2) is 4.84. The molecule has 1 heterocycles. The lowest BCUT2D eigenvalue weighted by Crippen LogP contribution is -2.18. The summed E-state index contributed by atoms with van der Waals surface area (Å²) in [6.07, 6.45) is -4.67. The van der Waals surface area contributed by atoms with Crippen LogP contribution in [0.15, 0.2) is 42.5 Å². The standard InChI is InChI=1S/C15H7ClF3NO2/c16-11-6-5-8(7-10(11)15(17,18)19)13-14(21)9-3-1-2-4-12(9)20(13)22/h1-7H. The predicted molar refractivity (Wildman–Crippen MR) is 74.6 cm³/mol. The summed E-state index contributed by atoms with van der Waals surface area (Å²) in [5, 5.41) is 11.7. The van der Waals surface area contributed by atoms with Crippen LogP contribution < -0.4 is 0 Å². The Morgan fingerprint density at radius 1 is 1.09 bits per heavy atom. The van der Waals surface area contributed by atoms with Crippen LogP contribution in [-0.2, 0) is 6.18 Å². The van der Waals surface area contributed by atoms with Crippen molar-refractivity contribution in [1.82, 2.24) is 0 Å². The normalized spacial score (nSPS) is 14.5. The SMILES string of the molecule is O=C1C(c2ccc(Cl)c(C(F)(F)F)c2)=[N+]([O-])c2ccccc21. The van der Waals surface area contributed by atoms with Gasteiger partial charge in [0.25, 0.3) is 11.5 Å². The minimum atomic E-state index is -4.67. The van der Waals surface area contributed by atoms with Gasteiger partial charge in [-0.3, -0.25) is 4.79 Å². The maximum Gasteiger partial charge on any atom is 0.417 e. The molecule has 0 N–H and O–H groups in total. The Bertz CT molecular complexity index is 828. The van der Waals surface area contributed by atoms with E-state index in [1.54, 1.807) is 12.1 Å². The Kier molecular flexibility index (Phi) is 3.21. The van der Waals surface area contributed by atoms with Gasteiger partial charge in [-0.05, 0) is 24.3 Å². The predicted octanol–water partition coefficient (Wildman–Crippen LogP) is 4.19. The largest absolute Gasteiger partial charge is 0.618 e. The zero-order valence-corrected chi connectivity index (χ0v) is 11.6. The number of fused-ring (bicyclic) bond motifs is 1. The van der Waals surface area contributed by atoms with Gasteiger partial charge in [-0.2, -0.15) is 17.9 Å². The highest BCUT2D eigenvalue weighted by molar-refractivity contribution is 6.52. The number of carbonyl (C=O) groups is 1. The van der Waals surface area contributed by atoms with E-state index in [0.29, 0.717) is 10.8 Å². The topological polar surface area (TPSA) is 43.1 Å². The van der Waals surface area contributed by atoms with Crippen LogP contribution in [0.25, 0.3) is 0 Å². The molecule has 7 heteroatoms. The molecule has 0 amide bonds. The summed E-state index contributed by atoms with van der Waals surface area (Å²) in [6.45, 7) is 0. The van der Waals surface area contributed by atoms with Crippen LogP contribution in [0.2, 0.25) is 5.02 Å². The van der Waals surface area contributed by atoms with E-state index in [0.717, 1.165) is 6.07 Å². The minimum Gasteiger partial charge on any atom is -0.618 e. The van der Waals surface area contributed by atoms with Crippen molar-refractivity contribution in [3.63, 3.8) is 0 Å². The molecular formula is C15H7ClF3NO2. The summed E-state index contributed by atoms with van der Waals surface area (Å²) in [5.41, 5.74) is -1.27. The highest BCUT2D eigenvalue weighted by atomic mass is 35.5. The van der Waals surface area contributed by atoms with E-state index in [2.05, 4.69) is 0 Å². The van der Waals surface area contributed by atoms with E-state index < -0.39 is 22.5 Å². The number of hydrogen-bond donors (Lipinski definition) is 0. The Balaban J connectivity index is 2.18.